The molecule has 0 amide bonds. The smallest absolute Gasteiger partial charge is 0.416 e. The van der Waals surface area contributed by atoms with E-state index >= 15 is 0 Å². The monoisotopic (exact) mass is 421 g/mol. The third-order valence-corrected chi connectivity index (χ3v) is 5.59. The van der Waals surface area contributed by atoms with Crippen LogP contribution in [-0.4, -0.2) is 46.8 Å². The summed E-state index contributed by atoms with van der Waals surface area (Å²) in [5.74, 6) is -0.464. The van der Waals surface area contributed by atoms with Gasteiger partial charge in [0, 0.05) is 37.5 Å². The molecular weight excluding hydrogens is 399 g/mol. The molecule has 3 aromatic rings. The quantitative estimate of drug-likeness (QED) is 0.681. The Morgan fingerprint density at radius 2 is 1.97 bits per heavy atom. The first kappa shape index (κ1) is 20.6. The minimum atomic E-state index is -4.53. The first-order valence-electron chi connectivity index (χ1n) is 9.58. The number of rotatable bonds is 4. The van der Waals surface area contributed by atoms with Crippen molar-refractivity contribution in [3.63, 3.8) is 0 Å². The first-order chi connectivity index (χ1) is 14.2. The molecule has 3 heterocycles. The molecule has 1 aromatic carbocycles. The lowest BCUT2D eigenvalue weighted by Gasteiger charge is -2.36. The zero-order chi connectivity index (χ0) is 21.5. The number of halogens is 3. The maximum Gasteiger partial charge on any atom is 0.416 e. The van der Waals surface area contributed by atoms with Crippen LogP contribution in [0.25, 0.3) is 22.3 Å². The van der Waals surface area contributed by atoms with Crippen molar-refractivity contribution in [1.82, 2.24) is 14.8 Å². The van der Waals surface area contributed by atoms with Gasteiger partial charge in [-0.2, -0.15) is 18.3 Å². The van der Waals surface area contributed by atoms with Crippen molar-refractivity contribution >= 4 is 11.0 Å². The molecule has 0 atom stereocenters. The summed E-state index contributed by atoms with van der Waals surface area (Å²) in [6.45, 7) is 3.22. The van der Waals surface area contributed by atoms with Crippen molar-refractivity contribution in [2.45, 2.75) is 31.5 Å². The fourth-order valence-corrected chi connectivity index (χ4v) is 4.01. The van der Waals surface area contributed by atoms with Crippen LogP contribution < -0.4 is 0 Å². The van der Waals surface area contributed by atoms with E-state index in [9.17, 15) is 18.3 Å². The molecule has 0 radical (unpaired) electrons. The number of alkyl halides is 3. The SMILES string of the molecule is COCC1(n2cc3ccc(-c4c(C)cc(C(F)(F)F)cc4O)nc3n2)CCOCC1. The summed E-state index contributed by atoms with van der Waals surface area (Å²) in [6.07, 6.45) is -1.13. The topological polar surface area (TPSA) is 69.4 Å². The van der Waals surface area contributed by atoms with E-state index in [0.29, 0.717) is 31.2 Å². The highest BCUT2D eigenvalue weighted by molar-refractivity contribution is 5.80. The van der Waals surface area contributed by atoms with Crippen LogP contribution in [0.3, 0.4) is 0 Å². The van der Waals surface area contributed by atoms with E-state index in [1.165, 1.54) is 6.92 Å². The Hall–Kier alpha value is -2.65. The van der Waals surface area contributed by atoms with Gasteiger partial charge in [0.1, 0.15) is 5.75 Å². The molecule has 6 nitrogen and oxygen atoms in total. The highest BCUT2D eigenvalue weighted by atomic mass is 19.4. The Labute approximate surface area is 171 Å². The highest BCUT2D eigenvalue weighted by Gasteiger charge is 2.36. The molecule has 30 heavy (non-hydrogen) atoms. The minimum absolute atomic E-state index is 0.261. The van der Waals surface area contributed by atoms with Gasteiger partial charge >= 0.3 is 6.18 Å². The predicted octanol–water partition coefficient (Wildman–Crippen LogP) is 4.28. The van der Waals surface area contributed by atoms with Gasteiger partial charge in [0.2, 0.25) is 0 Å². The molecule has 9 heteroatoms. The minimum Gasteiger partial charge on any atom is -0.507 e. The average molecular weight is 421 g/mol. The molecule has 0 spiro atoms. The van der Waals surface area contributed by atoms with E-state index in [1.54, 1.807) is 19.2 Å². The fraction of sp³-hybridized carbons (Fsp3) is 0.429. The number of aromatic hydroxyl groups is 1. The second-order valence-electron chi connectivity index (χ2n) is 7.64. The molecule has 1 aliphatic heterocycles. The number of hydrogen-bond donors (Lipinski definition) is 1. The summed E-state index contributed by atoms with van der Waals surface area (Å²) in [7, 11) is 1.65. The van der Waals surface area contributed by atoms with E-state index in [0.717, 1.165) is 30.4 Å². The molecule has 1 saturated heterocycles. The van der Waals surface area contributed by atoms with Gasteiger partial charge in [-0.15, -0.1) is 0 Å². The van der Waals surface area contributed by atoms with Gasteiger partial charge in [-0.3, -0.25) is 4.68 Å². The molecule has 0 aliphatic carbocycles. The number of pyridine rings is 1. The number of benzene rings is 1. The van der Waals surface area contributed by atoms with Gasteiger partial charge in [-0.25, -0.2) is 4.98 Å². The van der Waals surface area contributed by atoms with Crippen molar-refractivity contribution in [3.8, 4) is 17.0 Å². The summed E-state index contributed by atoms with van der Waals surface area (Å²) in [4.78, 5) is 4.52. The van der Waals surface area contributed by atoms with E-state index in [-0.39, 0.29) is 16.7 Å². The summed E-state index contributed by atoms with van der Waals surface area (Å²) in [5.41, 5.74) is 0.136. The second kappa shape index (κ2) is 7.55. The number of phenolic OH excluding ortho intramolecular Hbond substituents is 1. The Kier molecular flexibility index (Phi) is 5.19. The third kappa shape index (κ3) is 3.63. The van der Waals surface area contributed by atoms with Crippen LogP contribution in [0.1, 0.15) is 24.0 Å². The third-order valence-electron chi connectivity index (χ3n) is 5.59. The van der Waals surface area contributed by atoms with Crippen LogP contribution in [0.4, 0.5) is 13.2 Å². The normalized spacial score (nSPS) is 16.8. The molecule has 4 rings (SSSR count). The number of methoxy groups -OCH3 is 1. The van der Waals surface area contributed by atoms with E-state index in [2.05, 4.69) is 10.1 Å². The van der Waals surface area contributed by atoms with Crippen LogP contribution in [0.2, 0.25) is 0 Å². The lowest BCUT2D eigenvalue weighted by Crippen LogP contribution is -2.43. The predicted molar refractivity (Wildman–Crippen MR) is 104 cm³/mol. The van der Waals surface area contributed by atoms with Gasteiger partial charge < -0.3 is 14.6 Å². The Balaban J connectivity index is 1.76. The van der Waals surface area contributed by atoms with E-state index in [4.69, 9.17) is 9.47 Å². The maximum absolute atomic E-state index is 13.0. The van der Waals surface area contributed by atoms with E-state index < -0.39 is 17.5 Å². The maximum atomic E-state index is 13.0. The van der Waals surface area contributed by atoms with Gasteiger partial charge in [0.05, 0.1) is 23.4 Å². The fourth-order valence-electron chi connectivity index (χ4n) is 4.01. The van der Waals surface area contributed by atoms with Crippen LogP contribution in [0.5, 0.6) is 5.75 Å². The standard InChI is InChI=1S/C21H22F3N3O3/c1-13-9-15(21(22,23)24)10-17(28)18(13)16-4-3-14-11-27(26-19(14)25-16)20(12-29-2)5-7-30-8-6-20/h3-4,9-11,28H,5-8,12H2,1-2H3. The number of aryl methyl sites for hydroxylation is 1. The summed E-state index contributed by atoms with van der Waals surface area (Å²) < 4.78 is 51.8. The average Bonchev–Trinajstić information content (AvgIpc) is 3.12. The lowest BCUT2D eigenvalue weighted by molar-refractivity contribution is -0.137. The molecule has 0 bridgehead atoms. The number of ether oxygens (including phenoxy) is 2. The molecule has 1 fully saturated rings. The molecule has 0 unspecified atom stereocenters. The largest absolute Gasteiger partial charge is 0.507 e. The van der Waals surface area contributed by atoms with Gasteiger partial charge in [0.25, 0.3) is 0 Å². The van der Waals surface area contributed by atoms with Gasteiger partial charge in [-0.05, 0) is 49.6 Å². The van der Waals surface area contributed by atoms with Crippen LogP contribution in [0, 0.1) is 6.92 Å². The van der Waals surface area contributed by atoms with Crippen molar-refractivity contribution in [2.75, 3.05) is 26.9 Å². The summed E-state index contributed by atoms with van der Waals surface area (Å²) in [5, 5.41) is 15.7. The lowest BCUT2D eigenvalue weighted by atomic mass is 9.91. The number of nitrogens with zero attached hydrogens (tertiary/aromatic N) is 3. The summed E-state index contributed by atoms with van der Waals surface area (Å²) >= 11 is 0. The van der Waals surface area contributed by atoms with Crippen molar-refractivity contribution < 1.29 is 27.8 Å². The summed E-state index contributed by atoms with van der Waals surface area (Å²) in [6, 6.07) is 5.21. The Morgan fingerprint density at radius 3 is 2.60 bits per heavy atom. The van der Waals surface area contributed by atoms with Gasteiger partial charge in [0.15, 0.2) is 5.65 Å². The number of aromatic nitrogens is 3. The van der Waals surface area contributed by atoms with Crippen LogP contribution in [-0.2, 0) is 21.2 Å². The van der Waals surface area contributed by atoms with Crippen molar-refractivity contribution in [2.24, 2.45) is 0 Å². The molecule has 160 valence electrons. The number of fused-ring (bicyclic) bond motifs is 1. The van der Waals surface area contributed by atoms with Crippen molar-refractivity contribution in [3.05, 3.63) is 41.6 Å². The zero-order valence-corrected chi connectivity index (χ0v) is 16.7. The molecule has 1 N–H and O–H groups in total. The molecule has 1 aliphatic rings. The second-order valence-corrected chi connectivity index (χ2v) is 7.64. The van der Waals surface area contributed by atoms with Gasteiger partial charge in [-0.1, -0.05) is 0 Å². The zero-order valence-electron chi connectivity index (χ0n) is 16.7. The highest BCUT2D eigenvalue weighted by Crippen LogP contribution is 2.39. The first-order valence-corrected chi connectivity index (χ1v) is 9.58. The van der Waals surface area contributed by atoms with Crippen LogP contribution >= 0.6 is 0 Å². The Morgan fingerprint density at radius 1 is 1.23 bits per heavy atom. The molecule has 2 aromatic heterocycles. The molecular formula is C21H22F3N3O3. The van der Waals surface area contributed by atoms with E-state index in [1.807, 2.05) is 10.9 Å². The van der Waals surface area contributed by atoms with Crippen LogP contribution in [0.15, 0.2) is 30.5 Å². The number of hydrogen-bond acceptors (Lipinski definition) is 5. The number of phenols is 1. The molecule has 0 saturated carbocycles. The Bertz CT molecular complexity index is 1040. The van der Waals surface area contributed by atoms with Crippen molar-refractivity contribution in [1.29, 1.82) is 0 Å².